The van der Waals surface area contributed by atoms with Crippen molar-refractivity contribution in [2.45, 2.75) is 73.8 Å². The minimum Gasteiger partial charge on any atom is -0.330 e. The SMILES string of the molecule is Cc1ccc(-c2ccc(N(C3=C4C=CC5=C6C(=CC=C(C=C3)C46)C(N(c3ccc(C(F)(F)F)cc3)c3ccc(-c4ccc(C)cc4C)cc3-c3ccc(C)cc3C)C=C5)c3ccc(C(F)(F)F)cc3)c(-c3ccc(C)cc3C)c2)c(C)c1. The molecule has 408 valence electrons. The molecular weight excluding hydrogens is 1030 g/mol. The number of nitrogens with zero attached hydrogens (tertiary/aromatic N) is 2. The molecule has 8 aromatic rings. The van der Waals surface area contributed by atoms with Crippen LogP contribution in [0.1, 0.15) is 55.6 Å². The van der Waals surface area contributed by atoms with Gasteiger partial charge in [-0.15, -0.1) is 0 Å². The Bertz CT molecular complexity index is 4150. The van der Waals surface area contributed by atoms with Crippen LogP contribution < -0.4 is 9.80 Å². The second-order valence-electron chi connectivity index (χ2n) is 22.4. The van der Waals surface area contributed by atoms with Crippen LogP contribution in [0.5, 0.6) is 0 Å². The van der Waals surface area contributed by atoms with Gasteiger partial charge in [0.25, 0.3) is 0 Å². The summed E-state index contributed by atoms with van der Waals surface area (Å²) >= 11 is 0. The monoisotopic (exact) mass is 1090 g/mol. The van der Waals surface area contributed by atoms with Crippen molar-refractivity contribution in [3.63, 3.8) is 0 Å². The van der Waals surface area contributed by atoms with Gasteiger partial charge >= 0.3 is 12.4 Å². The molecule has 0 spiro atoms. The summed E-state index contributed by atoms with van der Waals surface area (Å²) in [7, 11) is 0. The zero-order valence-corrected chi connectivity index (χ0v) is 46.9. The first-order chi connectivity index (χ1) is 39.2. The third-order valence-corrected chi connectivity index (χ3v) is 16.6. The predicted molar refractivity (Wildman–Crippen MR) is 325 cm³/mol. The molecule has 0 aromatic heterocycles. The Morgan fingerprint density at radius 2 is 0.854 bits per heavy atom. The molecule has 2 unspecified atom stereocenters. The summed E-state index contributed by atoms with van der Waals surface area (Å²) < 4.78 is 86.4. The molecular formula is C74H60F6N2. The minimum absolute atomic E-state index is 0.316. The van der Waals surface area contributed by atoms with E-state index < -0.39 is 29.5 Å². The van der Waals surface area contributed by atoms with Crippen LogP contribution in [-0.2, 0) is 12.4 Å². The van der Waals surface area contributed by atoms with Crippen molar-refractivity contribution < 1.29 is 26.3 Å². The molecule has 2 atom stereocenters. The van der Waals surface area contributed by atoms with Gasteiger partial charge in [0.2, 0.25) is 0 Å². The van der Waals surface area contributed by atoms with E-state index >= 15 is 0 Å². The largest absolute Gasteiger partial charge is 0.416 e. The predicted octanol–water partition coefficient (Wildman–Crippen LogP) is 20.9. The number of hydrogen-bond acceptors (Lipinski definition) is 2. The summed E-state index contributed by atoms with van der Waals surface area (Å²) in [6.45, 7) is 16.7. The Balaban J connectivity index is 1.05. The van der Waals surface area contributed by atoms with E-state index in [1.807, 2.05) is 0 Å². The van der Waals surface area contributed by atoms with Crippen molar-refractivity contribution in [2.75, 3.05) is 9.80 Å². The van der Waals surface area contributed by atoms with Crippen LogP contribution in [0.15, 0.2) is 240 Å². The number of benzene rings is 8. The molecule has 0 amide bonds. The van der Waals surface area contributed by atoms with E-state index in [-0.39, 0.29) is 5.92 Å². The quantitative estimate of drug-likeness (QED) is 0.126. The Morgan fingerprint density at radius 3 is 1.34 bits per heavy atom. The fraction of sp³-hybridized carbons (Fsp3) is 0.162. The van der Waals surface area contributed by atoms with Crippen molar-refractivity contribution in [3.8, 4) is 44.5 Å². The van der Waals surface area contributed by atoms with Gasteiger partial charge in [-0.2, -0.15) is 26.3 Å². The average molecular weight is 1090 g/mol. The Hall–Kier alpha value is -8.88. The summed E-state index contributed by atoms with van der Waals surface area (Å²) in [4.78, 5) is 4.28. The van der Waals surface area contributed by atoms with Crippen molar-refractivity contribution >= 4 is 22.7 Å². The molecule has 4 aliphatic rings. The molecule has 0 saturated carbocycles. The van der Waals surface area contributed by atoms with Crippen LogP contribution in [0.4, 0.5) is 49.1 Å². The van der Waals surface area contributed by atoms with Crippen LogP contribution in [0, 0.1) is 61.3 Å². The summed E-state index contributed by atoms with van der Waals surface area (Å²) in [5, 5.41) is 0. The van der Waals surface area contributed by atoms with E-state index in [0.29, 0.717) is 11.4 Å². The minimum atomic E-state index is -4.55. The van der Waals surface area contributed by atoms with Gasteiger partial charge in [-0.25, -0.2) is 0 Å². The molecule has 82 heavy (non-hydrogen) atoms. The normalized spacial score (nSPS) is 16.3. The van der Waals surface area contributed by atoms with E-state index in [4.69, 9.17) is 0 Å². The maximum atomic E-state index is 14.4. The van der Waals surface area contributed by atoms with Gasteiger partial charge in [0, 0.05) is 34.1 Å². The zero-order chi connectivity index (χ0) is 57.5. The summed E-state index contributed by atoms with van der Waals surface area (Å²) in [5.74, 6) is -0.316. The first-order valence-electron chi connectivity index (χ1n) is 27.7. The molecule has 0 N–H and O–H groups in total. The second-order valence-corrected chi connectivity index (χ2v) is 22.4. The van der Waals surface area contributed by atoms with Gasteiger partial charge in [0.1, 0.15) is 0 Å². The smallest absolute Gasteiger partial charge is 0.330 e. The highest BCUT2D eigenvalue weighted by Crippen LogP contribution is 2.54. The van der Waals surface area contributed by atoms with Crippen LogP contribution in [0.25, 0.3) is 44.5 Å². The first kappa shape index (κ1) is 53.7. The van der Waals surface area contributed by atoms with Gasteiger partial charge in [-0.05, 0) is 218 Å². The Kier molecular flexibility index (Phi) is 13.5. The van der Waals surface area contributed by atoms with Gasteiger partial charge in [-0.1, -0.05) is 150 Å². The van der Waals surface area contributed by atoms with Crippen molar-refractivity contribution in [1.29, 1.82) is 0 Å². The second kappa shape index (κ2) is 20.6. The first-order valence-corrected chi connectivity index (χ1v) is 27.7. The molecule has 2 nitrogen and oxygen atoms in total. The Labute approximate surface area is 476 Å². The molecule has 8 aromatic carbocycles. The van der Waals surface area contributed by atoms with E-state index in [9.17, 15) is 26.3 Å². The highest BCUT2D eigenvalue weighted by molar-refractivity contribution is 5.93. The van der Waals surface area contributed by atoms with Gasteiger partial charge in [-0.3, -0.25) is 0 Å². The lowest BCUT2D eigenvalue weighted by Crippen LogP contribution is -2.37. The lowest BCUT2D eigenvalue weighted by molar-refractivity contribution is -0.138. The summed E-state index contributed by atoms with van der Waals surface area (Å²) in [6, 6.07) is 48.8. The third kappa shape index (κ3) is 9.78. The van der Waals surface area contributed by atoms with Gasteiger partial charge in [0.15, 0.2) is 0 Å². The summed E-state index contributed by atoms with van der Waals surface area (Å²) in [5.41, 5.74) is 24.0. The third-order valence-electron chi connectivity index (χ3n) is 16.6. The average Bonchev–Trinajstić information content (AvgIpc) is 1.50. The maximum Gasteiger partial charge on any atom is 0.416 e. The molecule has 12 rings (SSSR count). The number of hydrogen-bond donors (Lipinski definition) is 0. The van der Waals surface area contributed by atoms with E-state index in [1.54, 1.807) is 24.3 Å². The van der Waals surface area contributed by atoms with E-state index in [2.05, 4.69) is 223 Å². The lowest BCUT2D eigenvalue weighted by atomic mass is 9.67. The van der Waals surface area contributed by atoms with Crippen molar-refractivity contribution in [3.05, 3.63) is 296 Å². The van der Waals surface area contributed by atoms with Crippen molar-refractivity contribution in [1.82, 2.24) is 0 Å². The highest BCUT2D eigenvalue weighted by Gasteiger charge is 2.41. The molecule has 0 aliphatic heterocycles. The van der Waals surface area contributed by atoms with Crippen LogP contribution >= 0.6 is 0 Å². The fourth-order valence-corrected chi connectivity index (χ4v) is 12.7. The number of halogens is 6. The number of anilines is 4. The lowest BCUT2D eigenvalue weighted by Gasteiger charge is -2.44. The molecule has 8 heteroatoms. The van der Waals surface area contributed by atoms with Crippen LogP contribution in [-0.4, -0.2) is 6.04 Å². The van der Waals surface area contributed by atoms with Crippen molar-refractivity contribution in [2.24, 2.45) is 5.92 Å². The molecule has 0 saturated heterocycles. The Morgan fingerprint density at radius 1 is 0.390 bits per heavy atom. The van der Waals surface area contributed by atoms with Gasteiger partial charge < -0.3 is 9.80 Å². The zero-order valence-electron chi connectivity index (χ0n) is 46.9. The molecule has 0 bridgehead atoms. The summed E-state index contributed by atoms with van der Waals surface area (Å²) in [6.07, 6.45) is 7.91. The number of aryl methyl sites for hydroxylation is 8. The number of allylic oxidation sites excluding steroid dienone is 10. The van der Waals surface area contributed by atoms with Gasteiger partial charge in [0.05, 0.1) is 28.6 Å². The van der Waals surface area contributed by atoms with E-state index in [0.717, 1.165) is 158 Å². The topological polar surface area (TPSA) is 6.48 Å². The molecule has 4 aliphatic carbocycles. The number of rotatable bonds is 10. The van der Waals surface area contributed by atoms with Crippen LogP contribution in [0.3, 0.4) is 0 Å². The molecule has 0 heterocycles. The molecule has 0 fully saturated rings. The molecule has 0 radical (unpaired) electrons. The number of alkyl halides is 6. The fourth-order valence-electron chi connectivity index (χ4n) is 12.7. The van der Waals surface area contributed by atoms with E-state index in [1.165, 1.54) is 0 Å². The maximum absolute atomic E-state index is 14.4. The van der Waals surface area contributed by atoms with Crippen LogP contribution in [0.2, 0.25) is 0 Å². The standard InChI is InChI=1S/C74H60F6N2/c1-43-9-27-59(47(5)37-43)53-17-35-69(65(41-53)61-29-11-45(3)39-49(61)7)81(57-23-19-55(20-24-57)73(75,76)77)67-33-15-51-14-32-64-68(34-16-52-13-31-63(67)71(51)72(52)64)82(58-25-21-56(22-26-58)74(78,79)80)70-36-18-54(60-28-10-44(2)38-48(60)6)42-66(70)62-30-12-46(4)40-50(62)8/h9-42,67,72H,1-8H3. The highest BCUT2D eigenvalue weighted by atomic mass is 19.4.